The molecular formula is C23H31N4O2PS. The molecule has 0 bridgehead atoms. The fraction of sp³-hybridized carbons (Fsp3) is 0.435. The molecule has 3 aromatic rings. The minimum atomic E-state index is -3.54. The minimum Gasteiger partial charge on any atom is -0.368 e. The second-order valence-electron chi connectivity index (χ2n) is 8.73. The lowest BCUT2D eigenvalue weighted by Gasteiger charge is -2.34. The first-order valence-corrected chi connectivity index (χ1v) is 12.9. The van der Waals surface area contributed by atoms with E-state index < -0.39 is 10.0 Å². The lowest BCUT2D eigenvalue weighted by molar-refractivity contribution is 0.222. The highest BCUT2D eigenvalue weighted by molar-refractivity contribution is 7.89. The lowest BCUT2D eigenvalue weighted by Crippen LogP contribution is -2.42. The highest BCUT2D eigenvalue weighted by Crippen LogP contribution is 2.31. The second kappa shape index (κ2) is 8.89. The quantitative estimate of drug-likeness (QED) is 0.572. The normalized spacial score (nSPS) is 20.3. The predicted octanol–water partition coefficient (Wildman–Crippen LogP) is 3.68. The molecule has 8 heteroatoms. The van der Waals surface area contributed by atoms with Crippen molar-refractivity contribution in [1.82, 2.24) is 14.1 Å². The van der Waals surface area contributed by atoms with Crippen LogP contribution in [-0.4, -0.2) is 42.1 Å². The van der Waals surface area contributed by atoms with Crippen molar-refractivity contribution >= 4 is 41.3 Å². The molecule has 0 amide bonds. The van der Waals surface area contributed by atoms with Gasteiger partial charge in [-0.1, -0.05) is 38.1 Å². The summed E-state index contributed by atoms with van der Waals surface area (Å²) >= 11 is 0. The number of anilines is 1. The van der Waals surface area contributed by atoms with E-state index in [2.05, 4.69) is 52.7 Å². The van der Waals surface area contributed by atoms with Gasteiger partial charge < -0.3 is 5.32 Å². The maximum Gasteiger partial charge on any atom is 0.243 e. The van der Waals surface area contributed by atoms with Gasteiger partial charge in [-0.3, -0.25) is 4.68 Å². The van der Waals surface area contributed by atoms with Crippen molar-refractivity contribution in [1.29, 1.82) is 0 Å². The van der Waals surface area contributed by atoms with E-state index in [9.17, 15) is 8.42 Å². The molecule has 31 heavy (non-hydrogen) atoms. The van der Waals surface area contributed by atoms with Gasteiger partial charge in [-0.15, -0.1) is 9.24 Å². The Hall–Kier alpha value is -1.95. The van der Waals surface area contributed by atoms with Crippen LogP contribution in [0.2, 0.25) is 0 Å². The number of benzene rings is 2. The number of rotatable bonds is 6. The molecule has 3 unspecified atom stereocenters. The van der Waals surface area contributed by atoms with E-state index in [-0.39, 0.29) is 0 Å². The first kappa shape index (κ1) is 22.3. The average Bonchev–Trinajstić information content (AvgIpc) is 3.06. The number of fused-ring (bicyclic) bond motifs is 1. The Bertz CT molecular complexity index is 1160. The molecule has 1 saturated heterocycles. The molecular weight excluding hydrogens is 427 g/mol. The van der Waals surface area contributed by atoms with Crippen LogP contribution in [0.1, 0.15) is 32.8 Å². The number of hydrogen-bond donors (Lipinski definition) is 1. The van der Waals surface area contributed by atoms with E-state index in [1.54, 1.807) is 16.4 Å². The van der Waals surface area contributed by atoms with Gasteiger partial charge in [-0.25, -0.2) is 8.42 Å². The lowest BCUT2D eigenvalue weighted by atomic mass is 9.94. The fourth-order valence-electron chi connectivity index (χ4n) is 4.48. The van der Waals surface area contributed by atoms with Crippen molar-refractivity contribution in [3.05, 3.63) is 48.0 Å². The Morgan fingerprint density at radius 2 is 1.77 bits per heavy atom. The van der Waals surface area contributed by atoms with Crippen LogP contribution in [0.4, 0.5) is 5.82 Å². The van der Waals surface area contributed by atoms with Crippen molar-refractivity contribution in [3.63, 3.8) is 0 Å². The zero-order valence-corrected chi connectivity index (χ0v) is 20.3. The summed E-state index contributed by atoms with van der Waals surface area (Å²) in [5.74, 6) is 1.46. The number of nitrogens with one attached hydrogen (secondary N) is 1. The maximum absolute atomic E-state index is 13.4. The van der Waals surface area contributed by atoms with Crippen molar-refractivity contribution < 1.29 is 8.42 Å². The van der Waals surface area contributed by atoms with Gasteiger partial charge in [0.05, 0.1) is 17.0 Å². The predicted molar refractivity (Wildman–Crippen MR) is 130 cm³/mol. The molecule has 2 heterocycles. The minimum absolute atomic E-state index is 0.340. The van der Waals surface area contributed by atoms with Crippen LogP contribution in [0.25, 0.3) is 10.9 Å². The largest absolute Gasteiger partial charge is 0.368 e. The Morgan fingerprint density at radius 1 is 1.10 bits per heavy atom. The summed E-state index contributed by atoms with van der Waals surface area (Å²) in [6, 6.07) is 13.7. The van der Waals surface area contributed by atoms with Crippen LogP contribution in [0.3, 0.4) is 0 Å². The summed E-state index contributed by atoms with van der Waals surface area (Å²) < 4.78 is 30.4. The molecule has 1 aliphatic rings. The second-order valence-corrected chi connectivity index (χ2v) is 11.3. The summed E-state index contributed by atoms with van der Waals surface area (Å²) in [5.41, 5.74) is 2.07. The first-order chi connectivity index (χ1) is 14.8. The zero-order valence-electron chi connectivity index (χ0n) is 18.4. The number of nitrogens with zero attached hydrogens (tertiary/aromatic N) is 3. The van der Waals surface area contributed by atoms with Crippen LogP contribution in [0.15, 0.2) is 47.4 Å². The number of hydrogen-bond acceptors (Lipinski definition) is 4. The highest BCUT2D eigenvalue weighted by atomic mass is 32.2. The average molecular weight is 459 g/mol. The van der Waals surface area contributed by atoms with Crippen LogP contribution in [0.5, 0.6) is 0 Å². The molecule has 0 radical (unpaired) electrons. The molecule has 1 aliphatic heterocycles. The topological polar surface area (TPSA) is 67.2 Å². The Morgan fingerprint density at radius 3 is 2.42 bits per heavy atom. The van der Waals surface area contributed by atoms with E-state index in [1.165, 1.54) is 0 Å². The monoisotopic (exact) mass is 458 g/mol. The van der Waals surface area contributed by atoms with E-state index in [4.69, 9.17) is 5.10 Å². The van der Waals surface area contributed by atoms with Gasteiger partial charge in [-0.2, -0.15) is 9.40 Å². The Kier molecular flexibility index (Phi) is 6.38. The molecule has 1 N–H and O–H groups in total. The van der Waals surface area contributed by atoms with E-state index in [0.717, 1.165) is 34.0 Å². The highest BCUT2D eigenvalue weighted by Gasteiger charge is 2.32. The molecule has 166 valence electrons. The van der Waals surface area contributed by atoms with Crippen molar-refractivity contribution in [2.75, 3.05) is 25.0 Å². The maximum atomic E-state index is 13.4. The molecule has 1 fully saturated rings. The molecule has 0 spiro atoms. The third-order valence-corrected chi connectivity index (χ3v) is 8.06. The van der Waals surface area contributed by atoms with E-state index >= 15 is 0 Å². The number of piperidine rings is 1. The van der Waals surface area contributed by atoms with E-state index in [0.29, 0.717) is 42.9 Å². The molecule has 6 nitrogen and oxygen atoms in total. The van der Waals surface area contributed by atoms with Crippen molar-refractivity contribution in [2.24, 2.45) is 11.8 Å². The molecule has 2 aromatic carbocycles. The number of aromatic nitrogens is 2. The van der Waals surface area contributed by atoms with Gasteiger partial charge in [0, 0.05) is 25.0 Å². The van der Waals surface area contributed by atoms with Crippen LogP contribution in [-0.2, 0) is 16.6 Å². The van der Waals surface area contributed by atoms with Gasteiger partial charge in [0.1, 0.15) is 0 Å². The standard InChI is InChI=1S/C23H31N4O2PS/c1-4-24-23-21-12-20(31(28,29)26-13-16(2)11-17(3)14-26)9-10-22(21)27(25-23)15-18-5-7-19(30)8-6-18/h5-10,12,16-17H,4,11,13-15,30H2,1-3H3,(H,24,25). The first-order valence-electron chi connectivity index (χ1n) is 10.9. The Balaban J connectivity index is 1.72. The van der Waals surface area contributed by atoms with E-state index in [1.807, 2.05) is 17.7 Å². The zero-order chi connectivity index (χ0) is 22.2. The van der Waals surface area contributed by atoms with Gasteiger partial charge in [0.25, 0.3) is 0 Å². The molecule has 0 aliphatic carbocycles. The summed E-state index contributed by atoms with van der Waals surface area (Å²) in [4.78, 5) is 0.340. The summed E-state index contributed by atoms with van der Waals surface area (Å²) in [5, 5.41) is 10.0. The van der Waals surface area contributed by atoms with Gasteiger partial charge in [0.15, 0.2) is 5.82 Å². The SMILES string of the molecule is CCNc1nn(Cc2ccc(P)cc2)c2ccc(S(=O)(=O)N3CC(C)CC(C)C3)cc12. The summed E-state index contributed by atoms with van der Waals surface area (Å²) in [6.45, 7) is 8.76. The third-order valence-electron chi connectivity index (χ3n) is 5.85. The Labute approximate surface area is 187 Å². The smallest absolute Gasteiger partial charge is 0.243 e. The van der Waals surface area contributed by atoms with Gasteiger partial charge in [0.2, 0.25) is 10.0 Å². The molecule has 4 rings (SSSR count). The summed E-state index contributed by atoms with van der Waals surface area (Å²) in [6.07, 6.45) is 1.07. The molecule has 3 atom stereocenters. The third kappa shape index (κ3) is 4.64. The van der Waals surface area contributed by atoms with Crippen molar-refractivity contribution in [3.8, 4) is 0 Å². The summed E-state index contributed by atoms with van der Waals surface area (Å²) in [7, 11) is -0.847. The fourth-order valence-corrected chi connectivity index (χ4v) is 6.38. The van der Waals surface area contributed by atoms with Gasteiger partial charge in [-0.05, 0) is 54.2 Å². The number of sulfonamides is 1. The van der Waals surface area contributed by atoms with Crippen LogP contribution >= 0.6 is 9.24 Å². The molecule has 1 aromatic heterocycles. The molecule has 0 saturated carbocycles. The van der Waals surface area contributed by atoms with Crippen LogP contribution in [0, 0.1) is 11.8 Å². The van der Waals surface area contributed by atoms with Crippen LogP contribution < -0.4 is 10.6 Å². The van der Waals surface area contributed by atoms with Gasteiger partial charge >= 0.3 is 0 Å². The van der Waals surface area contributed by atoms with Crippen molar-refractivity contribution in [2.45, 2.75) is 38.6 Å².